The molecule has 0 amide bonds. The average Bonchev–Trinajstić information content (AvgIpc) is 3.41. The molecule has 0 aliphatic carbocycles. The lowest BCUT2D eigenvalue weighted by atomic mass is 10.2. The van der Waals surface area contributed by atoms with Crippen molar-refractivity contribution in [2.75, 3.05) is 51.8 Å². The van der Waals surface area contributed by atoms with Gasteiger partial charge in [0.2, 0.25) is 0 Å². The van der Waals surface area contributed by atoms with Gasteiger partial charge in [-0.15, -0.1) is 0 Å². The second kappa shape index (κ2) is 12.9. The normalized spacial score (nSPS) is 22.3. The fraction of sp³-hybridized carbons (Fsp3) is 0.708. The highest BCUT2D eigenvalue weighted by Gasteiger charge is 2.20. The third-order valence-corrected chi connectivity index (χ3v) is 5.71. The van der Waals surface area contributed by atoms with Crippen LogP contribution in [0.25, 0.3) is 0 Å². The molecule has 1 aromatic rings. The van der Waals surface area contributed by atoms with Gasteiger partial charge in [0.15, 0.2) is 5.96 Å². The average molecular weight is 433 g/mol. The summed E-state index contributed by atoms with van der Waals surface area (Å²) in [5.41, 5.74) is 0.997. The predicted molar refractivity (Wildman–Crippen MR) is 126 cm³/mol. The predicted octanol–water partition coefficient (Wildman–Crippen LogP) is 3.51. The van der Waals surface area contributed by atoms with Crippen molar-refractivity contribution in [1.29, 1.82) is 0 Å². The molecule has 0 saturated carbocycles. The Morgan fingerprint density at radius 2 is 2.06 bits per heavy atom. The molecule has 0 aromatic heterocycles. The number of nitrogens with one attached hydrogen (secondary N) is 2. The van der Waals surface area contributed by atoms with Crippen LogP contribution in [0.4, 0.5) is 5.69 Å². The Kier molecular flexibility index (Phi) is 9.90. The molecule has 7 heteroatoms. The van der Waals surface area contributed by atoms with Crippen LogP contribution in [0.1, 0.15) is 46.0 Å². The van der Waals surface area contributed by atoms with E-state index in [-0.39, 0.29) is 12.2 Å². The monoisotopic (exact) mass is 432 g/mol. The van der Waals surface area contributed by atoms with Gasteiger partial charge in [-0.2, -0.15) is 0 Å². The van der Waals surface area contributed by atoms with Crippen molar-refractivity contribution in [3.05, 3.63) is 24.3 Å². The Morgan fingerprint density at radius 1 is 1.23 bits per heavy atom. The molecular weight excluding hydrogens is 392 g/mol. The Hall–Kier alpha value is -1.83. The molecule has 3 rings (SSSR count). The van der Waals surface area contributed by atoms with Crippen LogP contribution < -0.4 is 15.4 Å². The third-order valence-electron chi connectivity index (χ3n) is 5.71. The van der Waals surface area contributed by atoms with E-state index in [1.54, 1.807) is 0 Å². The number of rotatable bonds is 11. The second-order valence-electron chi connectivity index (χ2n) is 8.77. The molecule has 0 bridgehead atoms. The Bertz CT molecular complexity index is 659. The fourth-order valence-electron chi connectivity index (χ4n) is 3.94. The van der Waals surface area contributed by atoms with E-state index in [1.807, 2.05) is 38.1 Å². The van der Waals surface area contributed by atoms with Crippen LogP contribution in [0.2, 0.25) is 0 Å². The molecule has 1 aromatic carbocycles. The SMILES string of the molecule is CC(C)Oc1ccc(NC(=NCC2CCCN2C)NCCCOCC2CCCO2)cc1. The summed E-state index contributed by atoms with van der Waals surface area (Å²) in [6, 6.07) is 8.56. The van der Waals surface area contributed by atoms with E-state index in [9.17, 15) is 0 Å². The smallest absolute Gasteiger partial charge is 0.195 e. The highest BCUT2D eigenvalue weighted by molar-refractivity contribution is 5.93. The maximum Gasteiger partial charge on any atom is 0.195 e. The van der Waals surface area contributed by atoms with E-state index in [1.165, 1.54) is 12.8 Å². The molecule has 2 fully saturated rings. The summed E-state index contributed by atoms with van der Waals surface area (Å²) in [7, 11) is 2.19. The molecule has 2 heterocycles. The summed E-state index contributed by atoms with van der Waals surface area (Å²) < 4.78 is 17.1. The molecular formula is C24H40N4O3. The fourth-order valence-corrected chi connectivity index (χ4v) is 3.94. The van der Waals surface area contributed by atoms with Crippen LogP contribution >= 0.6 is 0 Å². The maximum absolute atomic E-state index is 5.77. The molecule has 2 aliphatic rings. The lowest BCUT2D eigenvalue weighted by molar-refractivity contribution is 0.0168. The summed E-state index contributed by atoms with van der Waals surface area (Å²) in [4.78, 5) is 7.26. The molecule has 174 valence electrons. The lowest BCUT2D eigenvalue weighted by Crippen LogP contribution is -2.34. The van der Waals surface area contributed by atoms with E-state index >= 15 is 0 Å². The number of guanidine groups is 1. The summed E-state index contributed by atoms with van der Waals surface area (Å²) in [5, 5.41) is 6.90. The highest BCUT2D eigenvalue weighted by atomic mass is 16.5. The first-order valence-electron chi connectivity index (χ1n) is 11.8. The van der Waals surface area contributed by atoms with Crippen molar-refractivity contribution in [2.24, 2.45) is 4.99 Å². The quantitative estimate of drug-likeness (QED) is 0.317. The first-order chi connectivity index (χ1) is 15.1. The number of likely N-dealkylation sites (N-methyl/N-ethyl adjacent to an activating group) is 1. The minimum Gasteiger partial charge on any atom is -0.491 e. The van der Waals surface area contributed by atoms with Crippen molar-refractivity contribution in [2.45, 2.75) is 64.2 Å². The topological polar surface area (TPSA) is 67.4 Å². The zero-order valence-corrected chi connectivity index (χ0v) is 19.4. The van der Waals surface area contributed by atoms with Crippen molar-refractivity contribution in [3.63, 3.8) is 0 Å². The van der Waals surface area contributed by atoms with Crippen LogP contribution in [0, 0.1) is 0 Å². The summed E-state index contributed by atoms with van der Waals surface area (Å²) in [5.74, 6) is 1.69. The van der Waals surface area contributed by atoms with Gasteiger partial charge in [-0.05, 0) is 83.8 Å². The minimum atomic E-state index is 0.170. The van der Waals surface area contributed by atoms with Gasteiger partial charge in [0, 0.05) is 31.5 Å². The summed E-state index contributed by atoms with van der Waals surface area (Å²) >= 11 is 0. The van der Waals surface area contributed by atoms with E-state index in [0.717, 1.165) is 69.5 Å². The van der Waals surface area contributed by atoms with Gasteiger partial charge in [-0.3, -0.25) is 4.99 Å². The first kappa shape index (κ1) is 23.8. The largest absolute Gasteiger partial charge is 0.491 e. The van der Waals surface area contributed by atoms with Gasteiger partial charge in [0.1, 0.15) is 5.75 Å². The number of hydrogen-bond donors (Lipinski definition) is 2. The number of ether oxygens (including phenoxy) is 3. The lowest BCUT2D eigenvalue weighted by Gasteiger charge is -2.19. The zero-order chi connectivity index (χ0) is 21.9. The van der Waals surface area contributed by atoms with Crippen LogP contribution in [0.5, 0.6) is 5.75 Å². The highest BCUT2D eigenvalue weighted by Crippen LogP contribution is 2.18. The van der Waals surface area contributed by atoms with Gasteiger partial charge < -0.3 is 29.7 Å². The second-order valence-corrected chi connectivity index (χ2v) is 8.77. The van der Waals surface area contributed by atoms with Crippen LogP contribution in [-0.4, -0.2) is 75.6 Å². The van der Waals surface area contributed by atoms with Crippen LogP contribution in [0.3, 0.4) is 0 Å². The van der Waals surface area contributed by atoms with Gasteiger partial charge in [0.25, 0.3) is 0 Å². The van der Waals surface area contributed by atoms with Gasteiger partial charge in [0.05, 0.1) is 25.4 Å². The van der Waals surface area contributed by atoms with Crippen molar-refractivity contribution in [1.82, 2.24) is 10.2 Å². The molecule has 7 nitrogen and oxygen atoms in total. The number of anilines is 1. The molecule has 2 atom stereocenters. The van der Waals surface area contributed by atoms with E-state index < -0.39 is 0 Å². The number of aliphatic imine (C=N–C) groups is 1. The van der Waals surface area contributed by atoms with E-state index in [4.69, 9.17) is 19.2 Å². The molecule has 0 radical (unpaired) electrons. The Labute approximate surface area is 187 Å². The van der Waals surface area contributed by atoms with Crippen molar-refractivity contribution < 1.29 is 14.2 Å². The van der Waals surface area contributed by atoms with E-state index in [0.29, 0.717) is 12.6 Å². The number of nitrogens with zero attached hydrogens (tertiary/aromatic N) is 2. The van der Waals surface area contributed by atoms with Crippen molar-refractivity contribution in [3.8, 4) is 5.75 Å². The number of likely N-dealkylation sites (tertiary alicyclic amines) is 1. The van der Waals surface area contributed by atoms with Crippen LogP contribution in [-0.2, 0) is 9.47 Å². The molecule has 2 N–H and O–H groups in total. The van der Waals surface area contributed by atoms with Crippen LogP contribution in [0.15, 0.2) is 29.3 Å². The standard InChI is InChI=1S/C24H40N4O3/c1-19(2)31-22-11-9-20(10-12-22)27-24(26-17-21-7-4-14-28(21)3)25-13-6-15-29-18-23-8-5-16-30-23/h9-12,19,21,23H,4-8,13-18H2,1-3H3,(H2,25,26,27). The molecule has 0 spiro atoms. The van der Waals surface area contributed by atoms with E-state index in [2.05, 4.69) is 22.6 Å². The summed E-state index contributed by atoms with van der Waals surface area (Å²) in [6.45, 7) is 9.15. The number of hydrogen-bond acceptors (Lipinski definition) is 5. The third kappa shape index (κ3) is 8.67. The number of benzene rings is 1. The summed E-state index contributed by atoms with van der Waals surface area (Å²) in [6.07, 6.45) is 6.13. The molecule has 2 aliphatic heterocycles. The maximum atomic E-state index is 5.77. The molecule has 31 heavy (non-hydrogen) atoms. The Balaban J connectivity index is 1.46. The van der Waals surface area contributed by atoms with Crippen molar-refractivity contribution >= 4 is 11.6 Å². The van der Waals surface area contributed by atoms with Gasteiger partial charge >= 0.3 is 0 Å². The first-order valence-corrected chi connectivity index (χ1v) is 11.8. The van der Waals surface area contributed by atoms with Gasteiger partial charge in [-0.1, -0.05) is 0 Å². The molecule has 2 saturated heterocycles. The molecule has 2 unspecified atom stereocenters. The zero-order valence-electron chi connectivity index (χ0n) is 19.4. The van der Waals surface area contributed by atoms with Gasteiger partial charge in [-0.25, -0.2) is 0 Å². The minimum absolute atomic E-state index is 0.170. The Morgan fingerprint density at radius 3 is 2.74 bits per heavy atom.